The van der Waals surface area contributed by atoms with E-state index >= 15 is 0 Å². The van der Waals surface area contributed by atoms with Crippen LogP contribution in [0.25, 0.3) is 0 Å². The molecule has 2 aliphatic carbocycles. The van der Waals surface area contributed by atoms with Crippen LogP contribution in [0.1, 0.15) is 58.3 Å². The maximum Gasteiger partial charge on any atom is 0.233 e. The summed E-state index contributed by atoms with van der Waals surface area (Å²) in [5, 5.41) is 15.6. The molecule has 1 heterocycles. The van der Waals surface area contributed by atoms with Crippen LogP contribution >= 0.6 is 23.1 Å². The molecule has 1 aromatic heterocycles. The maximum absolute atomic E-state index is 12.3. The van der Waals surface area contributed by atoms with Crippen molar-refractivity contribution in [3.05, 3.63) is 0 Å². The van der Waals surface area contributed by atoms with Crippen LogP contribution in [0.3, 0.4) is 0 Å². The standard InChI is InChI=1S/C15H24N4OS2/c1-10(13(20)16-11-6-4-2-3-5-7-11)21-15-19-18-14(22-15)17-12-8-9-12/h10-12H,2-9H2,1H3,(H,16,20)(H,17,18)/t10-/m1/s1. The van der Waals surface area contributed by atoms with Crippen molar-refractivity contribution >= 4 is 34.1 Å². The molecule has 0 unspecified atom stereocenters. The van der Waals surface area contributed by atoms with E-state index in [1.54, 1.807) is 11.3 Å². The molecule has 0 aliphatic heterocycles. The van der Waals surface area contributed by atoms with E-state index in [0.29, 0.717) is 12.1 Å². The Balaban J connectivity index is 1.46. The summed E-state index contributed by atoms with van der Waals surface area (Å²) in [6, 6.07) is 0.946. The Kier molecular flexibility index (Phi) is 5.57. The molecule has 7 heteroatoms. The van der Waals surface area contributed by atoms with E-state index in [4.69, 9.17) is 0 Å². The predicted octanol–water partition coefficient (Wildman–Crippen LogP) is 3.43. The number of carbonyl (C=O) groups is 1. The zero-order chi connectivity index (χ0) is 15.4. The van der Waals surface area contributed by atoms with Gasteiger partial charge in [0.15, 0.2) is 4.34 Å². The first-order valence-electron chi connectivity index (χ1n) is 8.28. The molecule has 1 aromatic rings. The topological polar surface area (TPSA) is 66.9 Å². The third kappa shape index (κ3) is 4.84. The molecule has 0 radical (unpaired) electrons. The molecule has 1 atom stereocenters. The van der Waals surface area contributed by atoms with E-state index in [0.717, 1.165) is 22.3 Å². The highest BCUT2D eigenvalue weighted by atomic mass is 32.2. The molecule has 1 amide bonds. The summed E-state index contributed by atoms with van der Waals surface area (Å²) in [4.78, 5) is 12.3. The molecular formula is C15H24N4OS2. The van der Waals surface area contributed by atoms with Gasteiger partial charge >= 0.3 is 0 Å². The van der Waals surface area contributed by atoms with Gasteiger partial charge in [-0.05, 0) is 32.6 Å². The monoisotopic (exact) mass is 340 g/mol. The number of nitrogens with zero attached hydrogens (tertiary/aromatic N) is 2. The summed E-state index contributed by atoms with van der Waals surface area (Å²) in [6.45, 7) is 1.95. The van der Waals surface area contributed by atoms with Gasteiger partial charge in [0.25, 0.3) is 0 Å². The Labute approximate surface area is 140 Å². The Bertz CT molecular complexity index is 495. The van der Waals surface area contributed by atoms with Crippen LogP contribution in [-0.2, 0) is 4.79 Å². The van der Waals surface area contributed by atoms with E-state index in [1.165, 1.54) is 50.3 Å². The summed E-state index contributed by atoms with van der Waals surface area (Å²) in [6.07, 6.45) is 9.77. The Morgan fingerprint density at radius 1 is 1.14 bits per heavy atom. The van der Waals surface area contributed by atoms with Crippen molar-refractivity contribution in [1.29, 1.82) is 0 Å². The van der Waals surface area contributed by atoms with Crippen LogP contribution in [0.5, 0.6) is 0 Å². The second kappa shape index (κ2) is 7.64. The highest BCUT2D eigenvalue weighted by Gasteiger charge is 2.24. The average Bonchev–Trinajstić information content (AvgIpc) is 3.25. The van der Waals surface area contributed by atoms with Crippen molar-refractivity contribution < 1.29 is 4.79 Å². The van der Waals surface area contributed by atoms with Crippen LogP contribution in [0.15, 0.2) is 4.34 Å². The van der Waals surface area contributed by atoms with E-state index in [-0.39, 0.29) is 11.2 Å². The van der Waals surface area contributed by atoms with Gasteiger partial charge < -0.3 is 10.6 Å². The summed E-state index contributed by atoms with van der Waals surface area (Å²) in [5.74, 6) is 0.129. The van der Waals surface area contributed by atoms with Crippen molar-refractivity contribution in [3.63, 3.8) is 0 Å². The Morgan fingerprint density at radius 3 is 2.55 bits per heavy atom. The first kappa shape index (κ1) is 16.1. The first-order chi connectivity index (χ1) is 10.7. The van der Waals surface area contributed by atoms with Crippen molar-refractivity contribution in [2.45, 2.75) is 80.0 Å². The number of thioether (sulfide) groups is 1. The van der Waals surface area contributed by atoms with Gasteiger partial charge in [-0.3, -0.25) is 4.79 Å². The average molecular weight is 341 g/mol. The summed E-state index contributed by atoms with van der Waals surface area (Å²) in [5.41, 5.74) is 0. The fourth-order valence-corrected chi connectivity index (χ4v) is 4.65. The van der Waals surface area contributed by atoms with Crippen LogP contribution < -0.4 is 10.6 Å². The highest BCUT2D eigenvalue weighted by molar-refractivity contribution is 8.02. The van der Waals surface area contributed by atoms with Crippen molar-refractivity contribution in [2.75, 3.05) is 5.32 Å². The van der Waals surface area contributed by atoms with Gasteiger partial charge in [0.05, 0.1) is 5.25 Å². The largest absolute Gasteiger partial charge is 0.357 e. The van der Waals surface area contributed by atoms with Gasteiger partial charge in [-0.1, -0.05) is 48.8 Å². The van der Waals surface area contributed by atoms with Crippen LogP contribution in [0, 0.1) is 0 Å². The lowest BCUT2D eigenvalue weighted by Crippen LogP contribution is -2.39. The maximum atomic E-state index is 12.3. The number of rotatable bonds is 6. The van der Waals surface area contributed by atoms with Gasteiger partial charge in [0.2, 0.25) is 11.0 Å². The molecule has 0 bridgehead atoms. The molecule has 2 N–H and O–H groups in total. The van der Waals surface area contributed by atoms with Gasteiger partial charge in [0.1, 0.15) is 0 Å². The minimum Gasteiger partial charge on any atom is -0.357 e. The fraction of sp³-hybridized carbons (Fsp3) is 0.800. The fourth-order valence-electron chi connectivity index (χ4n) is 2.66. The molecule has 0 spiro atoms. The number of amides is 1. The van der Waals surface area contributed by atoms with Gasteiger partial charge in [0, 0.05) is 12.1 Å². The van der Waals surface area contributed by atoms with Crippen LogP contribution in [0.2, 0.25) is 0 Å². The number of carbonyl (C=O) groups excluding carboxylic acids is 1. The number of nitrogens with one attached hydrogen (secondary N) is 2. The quantitative estimate of drug-likeness (QED) is 0.613. The molecule has 3 rings (SSSR count). The third-order valence-electron chi connectivity index (χ3n) is 4.16. The Hall–Kier alpha value is -0.820. The number of hydrogen-bond donors (Lipinski definition) is 2. The zero-order valence-corrected chi connectivity index (χ0v) is 14.6. The summed E-state index contributed by atoms with van der Waals surface area (Å²) < 4.78 is 0.867. The summed E-state index contributed by atoms with van der Waals surface area (Å²) in [7, 11) is 0. The lowest BCUT2D eigenvalue weighted by molar-refractivity contribution is -0.121. The SMILES string of the molecule is C[C@@H](Sc1nnc(NC2CC2)s1)C(=O)NC1CCCCCC1. The normalized spacial score (nSPS) is 21.1. The Morgan fingerprint density at radius 2 is 1.86 bits per heavy atom. The molecule has 2 fully saturated rings. The predicted molar refractivity (Wildman–Crippen MR) is 91.5 cm³/mol. The third-order valence-corrected chi connectivity index (χ3v) is 6.20. The molecule has 2 aliphatic rings. The van der Waals surface area contributed by atoms with Gasteiger partial charge in [-0.25, -0.2) is 0 Å². The minimum atomic E-state index is -0.120. The van der Waals surface area contributed by atoms with E-state index < -0.39 is 0 Å². The highest BCUT2D eigenvalue weighted by Crippen LogP contribution is 2.32. The van der Waals surface area contributed by atoms with Gasteiger partial charge in [-0.2, -0.15) is 0 Å². The van der Waals surface area contributed by atoms with Gasteiger partial charge in [-0.15, -0.1) is 10.2 Å². The van der Waals surface area contributed by atoms with E-state index in [2.05, 4.69) is 20.8 Å². The first-order valence-corrected chi connectivity index (χ1v) is 9.97. The molecule has 2 saturated carbocycles. The number of hydrogen-bond acceptors (Lipinski definition) is 6. The minimum absolute atomic E-state index is 0.120. The molecule has 0 saturated heterocycles. The van der Waals surface area contributed by atoms with E-state index in [1.807, 2.05) is 6.92 Å². The van der Waals surface area contributed by atoms with E-state index in [9.17, 15) is 4.79 Å². The zero-order valence-electron chi connectivity index (χ0n) is 13.0. The molecular weight excluding hydrogens is 316 g/mol. The lowest BCUT2D eigenvalue weighted by atomic mass is 10.1. The van der Waals surface area contributed by atoms with Crippen LogP contribution in [-0.4, -0.2) is 33.4 Å². The molecule has 5 nitrogen and oxygen atoms in total. The van der Waals surface area contributed by atoms with Crippen LogP contribution in [0.4, 0.5) is 5.13 Å². The molecule has 0 aromatic carbocycles. The van der Waals surface area contributed by atoms with Crippen molar-refractivity contribution in [3.8, 4) is 0 Å². The smallest absolute Gasteiger partial charge is 0.233 e. The van der Waals surface area contributed by atoms with Crippen molar-refractivity contribution in [2.24, 2.45) is 0 Å². The lowest BCUT2D eigenvalue weighted by Gasteiger charge is -2.18. The van der Waals surface area contributed by atoms with Crippen molar-refractivity contribution in [1.82, 2.24) is 15.5 Å². The molecule has 22 heavy (non-hydrogen) atoms. The summed E-state index contributed by atoms with van der Waals surface area (Å²) >= 11 is 3.05. The number of anilines is 1. The second-order valence-corrected chi connectivity index (χ2v) is 8.81. The second-order valence-electron chi connectivity index (χ2n) is 6.25. The number of aromatic nitrogens is 2. The molecule has 122 valence electrons.